The minimum Gasteiger partial charge on any atom is -0.494 e. The number of hydrogen-bond donors (Lipinski definition) is 1. The summed E-state index contributed by atoms with van der Waals surface area (Å²) in [6.45, 7) is 5.15. The summed E-state index contributed by atoms with van der Waals surface area (Å²) in [6.07, 6.45) is 15.3. The summed E-state index contributed by atoms with van der Waals surface area (Å²) >= 11 is 0. The molecule has 37 heavy (non-hydrogen) atoms. The van der Waals surface area contributed by atoms with Gasteiger partial charge in [0.25, 0.3) is 0 Å². The van der Waals surface area contributed by atoms with Crippen molar-refractivity contribution < 1.29 is 24.1 Å². The summed E-state index contributed by atoms with van der Waals surface area (Å²) in [7, 11) is 0. The quantitative estimate of drug-likeness (QED) is 0.0893. The van der Waals surface area contributed by atoms with Gasteiger partial charge in [-0.25, -0.2) is 4.79 Å². The number of ether oxygens (including phenoxy) is 3. The molecule has 0 unspecified atom stereocenters. The van der Waals surface area contributed by atoms with E-state index in [0.29, 0.717) is 17.9 Å². The standard InChI is InChI=1S/C32H46O5/c1-3-5-7-9-10-11-12-14-24-35-27-20-22-28(23-21-27)36-32(34)26-18-16-25(17-19-26)30(33)31-29(37-31)15-13-8-6-4-2/h16-23,29-31,33H,3-15,24H2,1-2H3/t29-,30-,31+/m0/s1. The van der Waals surface area contributed by atoms with Crippen LogP contribution in [-0.4, -0.2) is 29.9 Å². The molecule has 0 aliphatic carbocycles. The van der Waals surface area contributed by atoms with Crippen LogP contribution in [0.3, 0.4) is 0 Å². The van der Waals surface area contributed by atoms with Crippen molar-refractivity contribution in [2.75, 3.05) is 6.61 Å². The predicted molar refractivity (Wildman–Crippen MR) is 148 cm³/mol. The predicted octanol–water partition coefficient (Wildman–Crippen LogP) is 8.20. The molecule has 1 aliphatic heterocycles. The fourth-order valence-corrected chi connectivity index (χ4v) is 4.64. The van der Waals surface area contributed by atoms with Gasteiger partial charge in [0, 0.05) is 0 Å². The molecule has 1 heterocycles. The monoisotopic (exact) mass is 510 g/mol. The van der Waals surface area contributed by atoms with Crippen LogP contribution in [0.4, 0.5) is 0 Å². The average Bonchev–Trinajstić information content (AvgIpc) is 3.70. The molecule has 2 aromatic rings. The molecular formula is C32H46O5. The van der Waals surface area contributed by atoms with E-state index in [2.05, 4.69) is 13.8 Å². The fraction of sp³-hybridized carbons (Fsp3) is 0.594. The molecule has 1 fully saturated rings. The van der Waals surface area contributed by atoms with E-state index in [4.69, 9.17) is 14.2 Å². The number of unbranched alkanes of at least 4 members (excludes halogenated alkanes) is 10. The minimum atomic E-state index is -0.667. The number of aliphatic hydroxyl groups is 1. The molecule has 1 aliphatic rings. The molecule has 5 nitrogen and oxygen atoms in total. The molecule has 5 heteroatoms. The van der Waals surface area contributed by atoms with Gasteiger partial charge in [-0.1, -0.05) is 96.6 Å². The highest BCUT2D eigenvalue weighted by atomic mass is 16.6. The van der Waals surface area contributed by atoms with E-state index < -0.39 is 12.1 Å². The summed E-state index contributed by atoms with van der Waals surface area (Å²) in [5.74, 6) is 0.836. The highest BCUT2D eigenvalue weighted by Crippen LogP contribution is 2.37. The highest BCUT2D eigenvalue weighted by Gasteiger charge is 2.44. The zero-order chi connectivity index (χ0) is 26.3. The van der Waals surface area contributed by atoms with Gasteiger partial charge in [-0.05, 0) is 54.8 Å². The second kappa shape index (κ2) is 16.5. The van der Waals surface area contributed by atoms with Crippen molar-refractivity contribution in [1.29, 1.82) is 0 Å². The van der Waals surface area contributed by atoms with Gasteiger partial charge in [-0.2, -0.15) is 0 Å². The Morgan fingerprint density at radius 2 is 1.35 bits per heavy atom. The summed E-state index contributed by atoms with van der Waals surface area (Å²) in [5.41, 5.74) is 1.20. The summed E-state index contributed by atoms with van der Waals surface area (Å²) in [5, 5.41) is 10.6. The van der Waals surface area contributed by atoms with Crippen molar-refractivity contribution in [1.82, 2.24) is 0 Å². The van der Waals surface area contributed by atoms with Crippen LogP contribution >= 0.6 is 0 Å². The maximum Gasteiger partial charge on any atom is 0.343 e. The first-order chi connectivity index (χ1) is 18.1. The molecule has 0 spiro atoms. The lowest BCUT2D eigenvalue weighted by molar-refractivity contribution is 0.0734. The third-order valence-electron chi connectivity index (χ3n) is 7.06. The molecule has 1 N–H and O–H groups in total. The van der Waals surface area contributed by atoms with Crippen LogP contribution in [0.15, 0.2) is 48.5 Å². The maximum absolute atomic E-state index is 12.6. The van der Waals surface area contributed by atoms with Crippen molar-refractivity contribution in [2.24, 2.45) is 0 Å². The highest BCUT2D eigenvalue weighted by molar-refractivity contribution is 5.91. The Bertz CT molecular complexity index is 892. The van der Waals surface area contributed by atoms with Crippen LogP contribution in [0.25, 0.3) is 0 Å². The molecule has 0 aromatic heterocycles. The van der Waals surface area contributed by atoms with E-state index >= 15 is 0 Å². The molecule has 0 bridgehead atoms. The van der Waals surface area contributed by atoms with Crippen LogP contribution in [0.2, 0.25) is 0 Å². The first-order valence-electron chi connectivity index (χ1n) is 14.5. The van der Waals surface area contributed by atoms with Crippen LogP contribution in [0.5, 0.6) is 11.5 Å². The molecule has 3 rings (SSSR count). The van der Waals surface area contributed by atoms with Gasteiger partial charge in [0.2, 0.25) is 0 Å². The third kappa shape index (κ3) is 10.5. The zero-order valence-electron chi connectivity index (χ0n) is 22.8. The fourth-order valence-electron chi connectivity index (χ4n) is 4.64. The van der Waals surface area contributed by atoms with Crippen molar-refractivity contribution in [2.45, 2.75) is 116 Å². The molecule has 0 amide bonds. The van der Waals surface area contributed by atoms with Crippen molar-refractivity contribution in [3.8, 4) is 11.5 Å². The minimum absolute atomic E-state index is 0.142. The Kier molecular flexibility index (Phi) is 13.0. The Morgan fingerprint density at radius 3 is 2.00 bits per heavy atom. The molecule has 204 valence electrons. The topological polar surface area (TPSA) is 68.3 Å². The van der Waals surface area contributed by atoms with Gasteiger partial charge in [0.05, 0.1) is 18.3 Å². The van der Waals surface area contributed by atoms with Crippen LogP contribution in [0, 0.1) is 0 Å². The number of benzene rings is 2. The first kappa shape index (κ1) is 29.2. The molecule has 0 saturated carbocycles. The van der Waals surface area contributed by atoms with Crippen molar-refractivity contribution in [3.05, 3.63) is 59.7 Å². The van der Waals surface area contributed by atoms with Gasteiger partial charge in [-0.15, -0.1) is 0 Å². The van der Waals surface area contributed by atoms with Crippen molar-refractivity contribution in [3.63, 3.8) is 0 Å². The molecule has 1 saturated heterocycles. The number of carbonyl (C=O) groups is 1. The molecule has 3 atom stereocenters. The third-order valence-corrected chi connectivity index (χ3v) is 7.06. The normalized spacial score (nSPS) is 17.4. The van der Waals surface area contributed by atoms with Crippen LogP contribution in [0.1, 0.15) is 119 Å². The summed E-state index contributed by atoms with van der Waals surface area (Å²) in [4.78, 5) is 12.6. The number of epoxide rings is 1. The van der Waals surface area contributed by atoms with Gasteiger partial charge >= 0.3 is 5.97 Å². The number of rotatable bonds is 19. The first-order valence-corrected chi connectivity index (χ1v) is 14.5. The summed E-state index contributed by atoms with van der Waals surface area (Å²) in [6, 6.07) is 14.1. The Labute approximate surface area is 223 Å². The second-order valence-corrected chi connectivity index (χ2v) is 10.2. The Hall–Kier alpha value is -2.37. The lowest BCUT2D eigenvalue weighted by atomic mass is 10.0. The van der Waals surface area contributed by atoms with E-state index in [0.717, 1.165) is 30.6 Å². The van der Waals surface area contributed by atoms with Crippen LogP contribution in [-0.2, 0) is 4.74 Å². The van der Waals surface area contributed by atoms with Gasteiger partial charge in [0.1, 0.15) is 23.7 Å². The lowest BCUT2D eigenvalue weighted by Crippen LogP contribution is -2.11. The van der Waals surface area contributed by atoms with E-state index in [1.165, 1.54) is 64.2 Å². The van der Waals surface area contributed by atoms with Gasteiger partial charge in [0.15, 0.2) is 0 Å². The molecule has 2 aromatic carbocycles. The maximum atomic E-state index is 12.6. The van der Waals surface area contributed by atoms with E-state index in [1.807, 2.05) is 12.1 Å². The molecule has 0 radical (unpaired) electrons. The number of esters is 1. The largest absolute Gasteiger partial charge is 0.494 e. The number of hydrogen-bond acceptors (Lipinski definition) is 5. The smallest absolute Gasteiger partial charge is 0.343 e. The van der Waals surface area contributed by atoms with Gasteiger partial charge < -0.3 is 19.3 Å². The number of carbonyl (C=O) groups excluding carboxylic acids is 1. The van der Waals surface area contributed by atoms with E-state index in [9.17, 15) is 9.90 Å². The average molecular weight is 511 g/mol. The Morgan fingerprint density at radius 1 is 0.784 bits per heavy atom. The summed E-state index contributed by atoms with van der Waals surface area (Å²) < 4.78 is 17.0. The van der Waals surface area contributed by atoms with Crippen LogP contribution < -0.4 is 9.47 Å². The van der Waals surface area contributed by atoms with E-state index in [-0.39, 0.29) is 12.2 Å². The molecular weight excluding hydrogens is 464 g/mol. The number of aliphatic hydroxyl groups excluding tert-OH is 1. The van der Waals surface area contributed by atoms with Crippen molar-refractivity contribution >= 4 is 5.97 Å². The SMILES string of the molecule is CCCCCCCCCCOc1ccc(OC(=O)c2ccc([C@H](O)[C@@H]3O[C@H]3CCCCCC)cc2)cc1. The van der Waals surface area contributed by atoms with E-state index in [1.54, 1.807) is 36.4 Å². The zero-order valence-corrected chi connectivity index (χ0v) is 22.8. The van der Waals surface area contributed by atoms with Gasteiger partial charge in [-0.3, -0.25) is 0 Å². The lowest BCUT2D eigenvalue weighted by Gasteiger charge is -2.10. The Balaban J connectivity index is 1.34. The second-order valence-electron chi connectivity index (χ2n) is 10.2.